The van der Waals surface area contributed by atoms with Crippen molar-refractivity contribution in [2.45, 2.75) is 135 Å². The van der Waals surface area contributed by atoms with Crippen LogP contribution in [0.2, 0.25) is 0 Å². The van der Waals surface area contributed by atoms with Gasteiger partial charge in [0, 0.05) is 96.0 Å². The zero-order chi connectivity index (χ0) is 68.7. The molecule has 5 amide bonds. The normalized spacial score (nSPS) is 19.6. The van der Waals surface area contributed by atoms with Gasteiger partial charge in [-0.2, -0.15) is 0 Å². The second kappa shape index (κ2) is 45.4. The molecule has 0 bridgehead atoms. The van der Waals surface area contributed by atoms with Gasteiger partial charge in [0.25, 0.3) is 0 Å². The number of hydrogen-bond acceptors (Lipinski definition) is 22. The van der Waals surface area contributed by atoms with Gasteiger partial charge < -0.3 is 83.9 Å². The standard InChI is InChI=1S/C64H114N10O20/c1-63(2,3)59(83)50(67-64(4,5)6)12-7-8-17-66-60(84)51-13-9-20-73(51)62(86)53-15-11-21-74(53)61(85)52-14-10-19-72(52)55(76)16-30-87-32-34-89-36-38-91-40-42-93-44-45-94-43-41-92-39-37-90-35-33-88-31-18-65-54(75)46-68-22-24-69(47-56(77)78)26-28-71(49-58(81)82)29-27-70(25-23-68)48-57(79)80/h50-53,67H,7-49H2,1-6H3,(H,65,75)(H,66,84)(H,77,78)(H,79,80)(H,81,82)/t50-,51-,52-,53-/m1/s1. The Balaban J connectivity index is 0.936. The molecule has 0 aromatic rings. The van der Waals surface area contributed by atoms with Gasteiger partial charge in [-0.1, -0.05) is 20.8 Å². The number of ether oxygens (including phenoxy) is 8. The fraction of sp³-hybridized carbons (Fsp3) is 0.859. The summed E-state index contributed by atoms with van der Waals surface area (Å²) in [5, 5.41) is 37.6. The third-order valence-electron chi connectivity index (χ3n) is 16.4. The van der Waals surface area contributed by atoms with Gasteiger partial charge in [0.05, 0.1) is 144 Å². The van der Waals surface area contributed by atoms with Crippen LogP contribution in [0.4, 0.5) is 0 Å². The topological polar surface area (TPSA) is 347 Å². The number of aliphatic carboxylic acids is 3. The number of carboxylic acid groups (broad SMARTS) is 3. The van der Waals surface area contributed by atoms with Gasteiger partial charge in [-0.05, 0) is 78.6 Å². The largest absolute Gasteiger partial charge is 0.480 e. The van der Waals surface area contributed by atoms with E-state index in [9.17, 15) is 58.5 Å². The van der Waals surface area contributed by atoms with Crippen LogP contribution in [-0.4, -0.2) is 350 Å². The van der Waals surface area contributed by atoms with Gasteiger partial charge in [-0.3, -0.25) is 62.8 Å². The molecule has 0 aromatic carbocycles. The number of carbonyl (C=O) groups excluding carboxylic acids is 6. The van der Waals surface area contributed by atoms with Crippen LogP contribution in [0.5, 0.6) is 0 Å². The summed E-state index contributed by atoms with van der Waals surface area (Å²) in [7, 11) is 0. The molecule has 4 rings (SSSR count). The maximum Gasteiger partial charge on any atom is 0.317 e. The molecular formula is C64H114N10O20. The predicted octanol–water partition coefficient (Wildman–Crippen LogP) is -0.268. The highest BCUT2D eigenvalue weighted by atomic mass is 16.6. The number of ketones is 1. The Morgan fingerprint density at radius 3 is 1.16 bits per heavy atom. The maximum atomic E-state index is 14.1. The van der Waals surface area contributed by atoms with Crippen LogP contribution in [0.3, 0.4) is 0 Å². The van der Waals surface area contributed by atoms with Crippen molar-refractivity contribution in [3.63, 3.8) is 0 Å². The first-order valence-electron chi connectivity index (χ1n) is 33.9. The first kappa shape index (κ1) is 81.3. The Morgan fingerprint density at radius 1 is 0.415 bits per heavy atom. The molecule has 540 valence electrons. The molecule has 0 spiro atoms. The fourth-order valence-corrected chi connectivity index (χ4v) is 11.7. The summed E-state index contributed by atoms with van der Waals surface area (Å²) < 4.78 is 44.6. The van der Waals surface area contributed by atoms with Crippen LogP contribution >= 0.6 is 0 Å². The number of nitrogens with zero attached hydrogens (tertiary/aromatic N) is 7. The van der Waals surface area contributed by atoms with Gasteiger partial charge in [-0.25, -0.2) is 0 Å². The molecule has 4 saturated heterocycles. The van der Waals surface area contributed by atoms with E-state index in [1.165, 1.54) is 0 Å². The molecular weight excluding hydrogens is 1230 g/mol. The summed E-state index contributed by atoms with van der Waals surface area (Å²) in [6.45, 7) is 21.3. The summed E-state index contributed by atoms with van der Waals surface area (Å²) in [4.78, 5) is 127. The van der Waals surface area contributed by atoms with Crippen molar-refractivity contribution < 1.29 is 96.4 Å². The van der Waals surface area contributed by atoms with Crippen LogP contribution in [0.25, 0.3) is 0 Å². The van der Waals surface area contributed by atoms with Crippen molar-refractivity contribution >= 4 is 53.2 Å². The van der Waals surface area contributed by atoms with Gasteiger partial charge in [-0.15, -0.1) is 0 Å². The summed E-state index contributed by atoms with van der Waals surface area (Å²) in [6.07, 6.45) is 5.87. The summed E-state index contributed by atoms with van der Waals surface area (Å²) in [5.74, 6) is -3.96. The third kappa shape index (κ3) is 33.7. The van der Waals surface area contributed by atoms with Crippen molar-refractivity contribution in [3.8, 4) is 0 Å². The SMILES string of the molecule is CC(C)(C)N[C@H](CCCCNC(=O)[C@H]1CCCN1C(=O)[C@H]1CCCN1C(=O)[C@H]1CCCN1C(=O)CCOCCOCCOCCOCCOCCOCCOCCOCCNC(=O)CN1CCN(CC(=O)O)CCN(CC(=O)O)CCN(CC(=O)O)CC1)C(=O)C(C)(C)C. The van der Waals surface area contributed by atoms with Crippen molar-refractivity contribution in [3.05, 3.63) is 0 Å². The Bertz CT molecular complexity index is 2250. The highest BCUT2D eigenvalue weighted by Crippen LogP contribution is 2.29. The van der Waals surface area contributed by atoms with E-state index < -0.39 is 41.4 Å². The number of likely N-dealkylation sites (tertiary alicyclic amines) is 3. The number of Topliss-reactive ketones (excluding diaryl/α,β-unsaturated/α-hetero) is 1. The second-order valence-corrected chi connectivity index (χ2v) is 26.3. The number of carboxylic acids is 3. The molecule has 4 heterocycles. The number of unbranched alkanes of at least 4 members (excludes halogenated alkanes) is 1. The Labute approximate surface area is 555 Å². The molecule has 4 atom stereocenters. The number of rotatable bonds is 45. The third-order valence-corrected chi connectivity index (χ3v) is 16.4. The minimum atomic E-state index is -1.03. The molecule has 0 aliphatic carbocycles. The lowest BCUT2D eigenvalue weighted by atomic mass is 9.84. The molecule has 94 heavy (non-hydrogen) atoms. The second-order valence-electron chi connectivity index (χ2n) is 26.3. The van der Waals surface area contributed by atoms with Crippen molar-refractivity contribution in [2.75, 3.05) is 217 Å². The molecule has 0 saturated carbocycles. The van der Waals surface area contributed by atoms with Crippen molar-refractivity contribution in [1.82, 2.24) is 50.2 Å². The maximum absolute atomic E-state index is 14.1. The number of amides is 5. The highest BCUT2D eigenvalue weighted by Gasteiger charge is 2.46. The lowest BCUT2D eigenvalue weighted by Crippen LogP contribution is -2.55. The van der Waals surface area contributed by atoms with Crippen LogP contribution in [0.1, 0.15) is 106 Å². The number of carbonyl (C=O) groups is 9. The average Bonchev–Trinajstić information content (AvgIpc) is 1.63. The van der Waals surface area contributed by atoms with E-state index >= 15 is 0 Å². The molecule has 0 unspecified atom stereocenters. The fourth-order valence-electron chi connectivity index (χ4n) is 11.7. The van der Waals surface area contributed by atoms with Crippen LogP contribution in [-0.2, 0) is 81.0 Å². The molecule has 0 radical (unpaired) electrons. The van der Waals surface area contributed by atoms with E-state index in [4.69, 9.17) is 37.9 Å². The van der Waals surface area contributed by atoms with E-state index in [-0.39, 0.29) is 112 Å². The Kier molecular flexibility index (Phi) is 39.3. The van der Waals surface area contributed by atoms with E-state index in [1.54, 1.807) is 29.4 Å². The Hall–Kier alpha value is -5.09. The minimum absolute atomic E-state index is 0.0157. The zero-order valence-electron chi connectivity index (χ0n) is 57.1. The Morgan fingerprint density at radius 2 is 0.766 bits per heavy atom. The number of hydrogen-bond donors (Lipinski definition) is 6. The molecule has 4 aliphatic rings. The highest BCUT2D eigenvalue weighted by molar-refractivity contribution is 5.95. The molecule has 6 N–H and O–H groups in total. The van der Waals surface area contributed by atoms with Crippen LogP contribution < -0.4 is 16.0 Å². The zero-order valence-corrected chi connectivity index (χ0v) is 57.1. The smallest absolute Gasteiger partial charge is 0.317 e. The van der Waals surface area contributed by atoms with Crippen LogP contribution in [0.15, 0.2) is 0 Å². The summed E-state index contributed by atoms with van der Waals surface area (Å²) in [6, 6.07) is -2.20. The lowest BCUT2D eigenvalue weighted by molar-refractivity contribution is -0.150. The van der Waals surface area contributed by atoms with E-state index in [1.807, 2.05) is 46.4 Å². The van der Waals surface area contributed by atoms with Crippen molar-refractivity contribution in [1.29, 1.82) is 0 Å². The quantitative estimate of drug-likeness (QED) is 0.0428. The number of nitrogens with one attached hydrogen (secondary N) is 3. The van der Waals surface area contributed by atoms with Crippen molar-refractivity contribution in [2.24, 2.45) is 5.41 Å². The van der Waals surface area contributed by atoms with Gasteiger partial charge in [0.2, 0.25) is 29.5 Å². The van der Waals surface area contributed by atoms with Gasteiger partial charge in [0.15, 0.2) is 5.78 Å². The molecule has 30 nitrogen and oxygen atoms in total. The molecule has 30 heteroatoms. The van der Waals surface area contributed by atoms with Gasteiger partial charge >= 0.3 is 17.9 Å². The van der Waals surface area contributed by atoms with Crippen LogP contribution in [0, 0.1) is 5.41 Å². The monoisotopic (exact) mass is 1340 g/mol. The molecule has 4 aliphatic heterocycles. The minimum Gasteiger partial charge on any atom is -0.480 e. The molecule has 4 fully saturated rings. The summed E-state index contributed by atoms with van der Waals surface area (Å²) in [5.41, 5.74) is -0.693. The summed E-state index contributed by atoms with van der Waals surface area (Å²) >= 11 is 0. The first-order valence-corrected chi connectivity index (χ1v) is 33.9. The lowest BCUT2D eigenvalue weighted by Gasteiger charge is -2.34. The van der Waals surface area contributed by atoms with E-state index in [2.05, 4.69) is 16.0 Å². The first-order chi connectivity index (χ1) is 44.9. The molecule has 0 aromatic heterocycles. The van der Waals surface area contributed by atoms with Gasteiger partial charge in [0.1, 0.15) is 18.1 Å². The predicted molar refractivity (Wildman–Crippen MR) is 345 cm³/mol. The van der Waals surface area contributed by atoms with E-state index in [0.717, 1.165) is 6.42 Å². The van der Waals surface area contributed by atoms with E-state index in [0.29, 0.717) is 209 Å². The average molecular weight is 1340 g/mol.